The summed E-state index contributed by atoms with van der Waals surface area (Å²) in [6.45, 7) is 1.92. The van der Waals surface area contributed by atoms with Gasteiger partial charge in [-0.05, 0) is 49.4 Å². The second-order valence-electron chi connectivity index (χ2n) is 5.01. The Bertz CT molecular complexity index is 857. The van der Waals surface area contributed by atoms with Crippen LogP contribution >= 0.6 is 0 Å². The van der Waals surface area contributed by atoms with Gasteiger partial charge in [-0.25, -0.2) is 13.5 Å². The van der Waals surface area contributed by atoms with E-state index in [2.05, 4.69) is 10.4 Å². The average Bonchev–Trinajstić information content (AvgIpc) is 2.96. The average molecular weight is 313 g/mol. The summed E-state index contributed by atoms with van der Waals surface area (Å²) in [6.07, 6.45) is 1.69. The van der Waals surface area contributed by atoms with E-state index < -0.39 is 17.5 Å². The van der Waals surface area contributed by atoms with Crippen LogP contribution < -0.4 is 5.32 Å². The summed E-state index contributed by atoms with van der Waals surface area (Å²) in [5, 5.41) is 6.60. The lowest BCUT2D eigenvalue weighted by Gasteiger charge is -2.08. The monoisotopic (exact) mass is 313 g/mol. The second-order valence-corrected chi connectivity index (χ2v) is 5.01. The number of hydrogen-bond donors (Lipinski definition) is 1. The number of anilines is 1. The Morgan fingerprint density at radius 1 is 1.09 bits per heavy atom. The highest BCUT2D eigenvalue weighted by Crippen LogP contribution is 2.17. The van der Waals surface area contributed by atoms with Crippen LogP contribution in [0.3, 0.4) is 0 Å². The molecule has 6 heteroatoms. The van der Waals surface area contributed by atoms with Crippen molar-refractivity contribution in [3.05, 3.63) is 77.6 Å². The van der Waals surface area contributed by atoms with Crippen molar-refractivity contribution in [2.24, 2.45) is 0 Å². The molecule has 0 saturated heterocycles. The minimum absolute atomic E-state index is 0.0663. The zero-order valence-electron chi connectivity index (χ0n) is 12.3. The molecule has 3 rings (SSSR count). The number of halogens is 2. The fraction of sp³-hybridized carbons (Fsp3) is 0.0588. The van der Waals surface area contributed by atoms with E-state index in [0.29, 0.717) is 5.56 Å². The Labute approximate surface area is 131 Å². The Kier molecular flexibility index (Phi) is 3.89. The van der Waals surface area contributed by atoms with Gasteiger partial charge in [0, 0.05) is 23.5 Å². The highest BCUT2D eigenvalue weighted by atomic mass is 19.1. The molecule has 1 amide bonds. The van der Waals surface area contributed by atoms with Crippen LogP contribution in [0, 0.1) is 18.6 Å². The number of aryl methyl sites for hydroxylation is 1. The maximum atomic E-state index is 13.6. The Hall–Kier alpha value is -3.02. The van der Waals surface area contributed by atoms with Crippen molar-refractivity contribution >= 4 is 11.6 Å². The first-order valence-corrected chi connectivity index (χ1v) is 6.92. The maximum Gasteiger partial charge on any atom is 0.255 e. The van der Waals surface area contributed by atoms with Crippen molar-refractivity contribution in [3.63, 3.8) is 0 Å². The molecule has 23 heavy (non-hydrogen) atoms. The lowest BCUT2D eigenvalue weighted by molar-refractivity contribution is 0.102. The van der Waals surface area contributed by atoms with Crippen LogP contribution in [0.15, 0.2) is 54.7 Å². The number of hydrogen-bond acceptors (Lipinski definition) is 2. The molecule has 0 aliphatic carbocycles. The van der Waals surface area contributed by atoms with Gasteiger partial charge in [-0.15, -0.1) is 0 Å². The summed E-state index contributed by atoms with van der Waals surface area (Å²) in [5.41, 5.74) is 2.08. The summed E-state index contributed by atoms with van der Waals surface area (Å²) < 4.78 is 28.2. The van der Waals surface area contributed by atoms with Crippen LogP contribution in [0.4, 0.5) is 14.5 Å². The van der Waals surface area contributed by atoms with Crippen LogP contribution in [0.1, 0.15) is 16.1 Å². The van der Waals surface area contributed by atoms with Gasteiger partial charge >= 0.3 is 0 Å². The molecule has 116 valence electrons. The number of amides is 1. The van der Waals surface area contributed by atoms with E-state index >= 15 is 0 Å². The van der Waals surface area contributed by atoms with E-state index in [4.69, 9.17) is 0 Å². The van der Waals surface area contributed by atoms with Gasteiger partial charge in [-0.2, -0.15) is 5.10 Å². The molecule has 1 aromatic heterocycles. The van der Waals surface area contributed by atoms with E-state index in [9.17, 15) is 13.6 Å². The lowest BCUT2D eigenvalue weighted by atomic mass is 10.2. The van der Waals surface area contributed by atoms with Crippen LogP contribution in [0.2, 0.25) is 0 Å². The normalized spacial score (nSPS) is 10.6. The summed E-state index contributed by atoms with van der Waals surface area (Å²) in [4.78, 5) is 12.1. The standard InChI is InChI=1S/C17H13F2N3O/c1-11-8-9-20-22(11)14-5-2-12(3-6-14)17(23)21-16-7-4-13(18)10-15(16)19/h2-10H,1H3,(H,21,23). The number of rotatable bonds is 3. The maximum absolute atomic E-state index is 13.6. The van der Waals surface area contributed by atoms with E-state index in [0.717, 1.165) is 23.5 Å². The van der Waals surface area contributed by atoms with Gasteiger partial charge < -0.3 is 5.32 Å². The SMILES string of the molecule is Cc1ccnn1-c1ccc(C(=O)Nc2ccc(F)cc2F)cc1. The highest BCUT2D eigenvalue weighted by molar-refractivity contribution is 6.04. The molecular weight excluding hydrogens is 300 g/mol. The number of nitrogens with zero attached hydrogens (tertiary/aromatic N) is 2. The van der Waals surface area contributed by atoms with Gasteiger partial charge in [0.25, 0.3) is 5.91 Å². The number of carbonyl (C=O) groups excluding carboxylic acids is 1. The van der Waals surface area contributed by atoms with Gasteiger partial charge in [0.15, 0.2) is 0 Å². The van der Waals surface area contributed by atoms with Crippen molar-refractivity contribution in [1.29, 1.82) is 0 Å². The first-order chi connectivity index (χ1) is 11.0. The van der Waals surface area contributed by atoms with Crippen LogP contribution in [0.5, 0.6) is 0 Å². The Morgan fingerprint density at radius 2 is 1.83 bits per heavy atom. The van der Waals surface area contributed by atoms with Crippen molar-refractivity contribution in [3.8, 4) is 5.69 Å². The van der Waals surface area contributed by atoms with Crippen LogP contribution in [0.25, 0.3) is 5.69 Å². The van der Waals surface area contributed by atoms with E-state index in [1.54, 1.807) is 35.1 Å². The molecular formula is C17H13F2N3O. The van der Waals surface area contributed by atoms with E-state index in [1.807, 2.05) is 13.0 Å². The molecule has 0 aliphatic rings. The molecule has 0 bridgehead atoms. The topological polar surface area (TPSA) is 46.9 Å². The summed E-state index contributed by atoms with van der Waals surface area (Å²) in [5.74, 6) is -1.99. The lowest BCUT2D eigenvalue weighted by Crippen LogP contribution is -2.13. The predicted octanol–water partition coefficient (Wildman–Crippen LogP) is 3.71. The van der Waals surface area contributed by atoms with Crippen molar-refractivity contribution in [2.45, 2.75) is 6.92 Å². The minimum atomic E-state index is -0.817. The molecule has 0 fully saturated rings. The predicted molar refractivity (Wildman–Crippen MR) is 82.6 cm³/mol. The van der Waals surface area contributed by atoms with Crippen LogP contribution in [-0.2, 0) is 0 Å². The van der Waals surface area contributed by atoms with Gasteiger partial charge in [0.2, 0.25) is 0 Å². The minimum Gasteiger partial charge on any atom is -0.319 e. The first-order valence-electron chi connectivity index (χ1n) is 6.92. The number of nitrogens with one attached hydrogen (secondary N) is 1. The molecule has 0 atom stereocenters. The van der Waals surface area contributed by atoms with Gasteiger partial charge in [0.1, 0.15) is 11.6 Å². The zero-order valence-corrected chi connectivity index (χ0v) is 12.3. The zero-order chi connectivity index (χ0) is 16.4. The van der Waals surface area contributed by atoms with Gasteiger partial charge in [0.05, 0.1) is 11.4 Å². The summed E-state index contributed by atoms with van der Waals surface area (Å²) in [7, 11) is 0. The molecule has 0 aliphatic heterocycles. The molecule has 0 radical (unpaired) electrons. The molecule has 0 unspecified atom stereocenters. The molecule has 0 spiro atoms. The largest absolute Gasteiger partial charge is 0.319 e. The molecule has 1 heterocycles. The van der Waals surface area contributed by atoms with Crippen molar-refractivity contribution < 1.29 is 13.6 Å². The third-order valence-electron chi connectivity index (χ3n) is 3.39. The molecule has 3 aromatic rings. The quantitative estimate of drug-likeness (QED) is 0.801. The molecule has 0 saturated carbocycles. The number of aromatic nitrogens is 2. The molecule has 2 aromatic carbocycles. The van der Waals surface area contributed by atoms with Crippen molar-refractivity contribution in [2.75, 3.05) is 5.32 Å². The van der Waals surface area contributed by atoms with E-state index in [-0.39, 0.29) is 5.69 Å². The van der Waals surface area contributed by atoms with E-state index in [1.165, 1.54) is 6.07 Å². The van der Waals surface area contributed by atoms with Crippen molar-refractivity contribution in [1.82, 2.24) is 9.78 Å². The Balaban J connectivity index is 1.79. The second kappa shape index (κ2) is 6.00. The van der Waals surface area contributed by atoms with Gasteiger partial charge in [-0.3, -0.25) is 4.79 Å². The summed E-state index contributed by atoms with van der Waals surface area (Å²) in [6, 6.07) is 11.6. The highest BCUT2D eigenvalue weighted by Gasteiger charge is 2.10. The Morgan fingerprint density at radius 3 is 2.43 bits per heavy atom. The first kappa shape index (κ1) is 14.9. The smallest absolute Gasteiger partial charge is 0.255 e. The number of carbonyl (C=O) groups is 1. The molecule has 4 nitrogen and oxygen atoms in total. The fourth-order valence-electron chi connectivity index (χ4n) is 2.18. The third kappa shape index (κ3) is 3.11. The summed E-state index contributed by atoms with van der Waals surface area (Å²) >= 11 is 0. The fourth-order valence-corrected chi connectivity index (χ4v) is 2.18. The third-order valence-corrected chi connectivity index (χ3v) is 3.39. The van der Waals surface area contributed by atoms with Crippen LogP contribution in [-0.4, -0.2) is 15.7 Å². The number of benzene rings is 2. The van der Waals surface area contributed by atoms with Gasteiger partial charge in [-0.1, -0.05) is 0 Å². The molecule has 1 N–H and O–H groups in total.